The molecule has 0 aliphatic carbocycles. The minimum atomic E-state index is -0.525. The average Bonchev–Trinajstić information content (AvgIpc) is 2.70. The molecule has 1 rings (SSSR count). The van der Waals surface area contributed by atoms with Gasteiger partial charge in [-0.05, 0) is 19.1 Å². The van der Waals surface area contributed by atoms with Gasteiger partial charge in [-0.25, -0.2) is 0 Å². The number of rotatable bonds is 6. The third-order valence-corrected chi connectivity index (χ3v) is 3.37. The van der Waals surface area contributed by atoms with Gasteiger partial charge in [0.15, 0.2) is 11.4 Å². The first kappa shape index (κ1) is 12.4. The van der Waals surface area contributed by atoms with Gasteiger partial charge in [0.1, 0.15) is 0 Å². The first-order valence-electron chi connectivity index (χ1n) is 5.52. The van der Waals surface area contributed by atoms with Gasteiger partial charge in [0, 0.05) is 12.6 Å². The molecular weight excluding hydrogens is 208 g/mol. The van der Waals surface area contributed by atoms with Crippen molar-refractivity contribution in [3.05, 3.63) is 11.2 Å². The van der Waals surface area contributed by atoms with E-state index in [2.05, 4.69) is 17.6 Å². The van der Waals surface area contributed by atoms with Crippen molar-refractivity contribution in [2.75, 3.05) is 6.26 Å². The van der Waals surface area contributed by atoms with Crippen LogP contribution in [0, 0.1) is 0 Å². The smallest absolute Gasteiger partial charge is 0.178 e. The van der Waals surface area contributed by atoms with Gasteiger partial charge in [-0.15, -0.1) is 11.8 Å². The van der Waals surface area contributed by atoms with Gasteiger partial charge in [-0.2, -0.15) is 0 Å². The lowest BCUT2D eigenvalue weighted by Crippen LogP contribution is -2.56. The summed E-state index contributed by atoms with van der Waals surface area (Å²) in [6.07, 6.45) is 7.51. The Kier molecular flexibility index (Phi) is 4.51. The SMILES string of the molecule is CCCCC1(C(=O)CC)NC=C(SC)N1. The van der Waals surface area contributed by atoms with Gasteiger partial charge in [0.2, 0.25) is 0 Å². The second kappa shape index (κ2) is 5.45. The molecule has 1 atom stereocenters. The van der Waals surface area contributed by atoms with Crippen molar-refractivity contribution in [3.63, 3.8) is 0 Å². The van der Waals surface area contributed by atoms with E-state index in [9.17, 15) is 4.79 Å². The number of carbonyl (C=O) groups is 1. The summed E-state index contributed by atoms with van der Waals surface area (Å²) >= 11 is 1.63. The van der Waals surface area contributed by atoms with Gasteiger partial charge in [0.05, 0.1) is 5.03 Å². The Labute approximate surface area is 96.1 Å². The minimum absolute atomic E-state index is 0.247. The summed E-state index contributed by atoms with van der Waals surface area (Å²) in [5.41, 5.74) is -0.525. The Balaban J connectivity index is 2.68. The maximum Gasteiger partial charge on any atom is 0.178 e. The molecule has 15 heavy (non-hydrogen) atoms. The Morgan fingerprint density at radius 2 is 2.27 bits per heavy atom. The Morgan fingerprint density at radius 1 is 1.53 bits per heavy atom. The molecule has 0 fully saturated rings. The first-order valence-corrected chi connectivity index (χ1v) is 6.74. The van der Waals surface area contributed by atoms with E-state index in [4.69, 9.17) is 0 Å². The van der Waals surface area contributed by atoms with Crippen LogP contribution in [0.25, 0.3) is 0 Å². The molecule has 0 aromatic heterocycles. The highest BCUT2D eigenvalue weighted by Crippen LogP contribution is 2.24. The maximum atomic E-state index is 11.9. The molecule has 4 heteroatoms. The van der Waals surface area contributed by atoms with Crippen molar-refractivity contribution in [3.8, 4) is 0 Å². The molecule has 3 nitrogen and oxygen atoms in total. The fourth-order valence-electron chi connectivity index (χ4n) is 1.75. The molecule has 0 saturated heterocycles. The zero-order valence-corrected chi connectivity index (χ0v) is 10.5. The zero-order chi connectivity index (χ0) is 11.3. The minimum Gasteiger partial charge on any atom is -0.361 e. The highest BCUT2D eigenvalue weighted by Gasteiger charge is 2.38. The molecule has 1 heterocycles. The van der Waals surface area contributed by atoms with E-state index in [0.29, 0.717) is 6.42 Å². The second-order valence-electron chi connectivity index (χ2n) is 3.77. The summed E-state index contributed by atoms with van der Waals surface area (Å²) in [7, 11) is 0. The van der Waals surface area contributed by atoms with E-state index < -0.39 is 5.66 Å². The first-order chi connectivity index (χ1) is 7.18. The molecule has 1 unspecified atom stereocenters. The number of hydrogen-bond donors (Lipinski definition) is 2. The summed E-state index contributed by atoms with van der Waals surface area (Å²) in [4.78, 5) is 11.9. The quantitative estimate of drug-likeness (QED) is 0.731. The normalized spacial score (nSPS) is 24.3. The van der Waals surface area contributed by atoms with E-state index in [1.165, 1.54) is 0 Å². The van der Waals surface area contributed by atoms with Crippen LogP contribution in [0.5, 0.6) is 0 Å². The molecule has 0 spiro atoms. The summed E-state index contributed by atoms with van der Waals surface area (Å²) in [6, 6.07) is 0. The van der Waals surface area contributed by atoms with Crippen LogP contribution in [-0.2, 0) is 4.79 Å². The van der Waals surface area contributed by atoms with Gasteiger partial charge >= 0.3 is 0 Å². The summed E-state index contributed by atoms with van der Waals surface area (Å²) < 4.78 is 0. The fourth-order valence-corrected chi connectivity index (χ4v) is 2.20. The molecule has 1 aliphatic rings. The molecule has 0 aromatic carbocycles. The highest BCUT2D eigenvalue weighted by atomic mass is 32.2. The molecule has 0 aromatic rings. The lowest BCUT2D eigenvalue weighted by Gasteiger charge is -2.29. The number of ketones is 1. The third-order valence-electron chi connectivity index (χ3n) is 2.71. The molecule has 86 valence electrons. The molecular formula is C11H20N2OS. The lowest BCUT2D eigenvalue weighted by molar-refractivity contribution is -0.125. The molecule has 2 N–H and O–H groups in total. The maximum absolute atomic E-state index is 11.9. The number of unbranched alkanes of at least 4 members (excludes halogenated alkanes) is 1. The van der Waals surface area contributed by atoms with Gasteiger partial charge in [0.25, 0.3) is 0 Å². The van der Waals surface area contributed by atoms with Crippen LogP contribution in [0.3, 0.4) is 0 Å². The van der Waals surface area contributed by atoms with Gasteiger partial charge < -0.3 is 10.6 Å². The summed E-state index contributed by atoms with van der Waals surface area (Å²) in [5, 5.41) is 7.57. The third kappa shape index (κ3) is 2.68. The number of nitrogens with one attached hydrogen (secondary N) is 2. The van der Waals surface area contributed by atoms with Gasteiger partial charge in [-0.1, -0.05) is 20.3 Å². The number of Topliss-reactive ketones (excluding diaryl/α,β-unsaturated/α-hetero) is 1. The van der Waals surface area contributed by atoms with Crippen LogP contribution < -0.4 is 10.6 Å². The van der Waals surface area contributed by atoms with E-state index in [1.54, 1.807) is 11.8 Å². The Bertz CT molecular complexity index is 265. The molecule has 1 aliphatic heterocycles. The fraction of sp³-hybridized carbons (Fsp3) is 0.727. The molecule has 0 radical (unpaired) electrons. The second-order valence-corrected chi connectivity index (χ2v) is 4.62. The predicted octanol–water partition coefficient (Wildman–Crippen LogP) is 2.21. The lowest BCUT2D eigenvalue weighted by atomic mass is 9.96. The summed E-state index contributed by atoms with van der Waals surface area (Å²) in [6.45, 7) is 4.05. The van der Waals surface area contributed by atoms with Crippen LogP contribution in [0.15, 0.2) is 11.2 Å². The van der Waals surface area contributed by atoms with E-state index in [0.717, 1.165) is 24.3 Å². The highest BCUT2D eigenvalue weighted by molar-refractivity contribution is 8.02. The van der Waals surface area contributed by atoms with Crippen LogP contribution in [-0.4, -0.2) is 17.7 Å². The number of thioether (sulfide) groups is 1. The van der Waals surface area contributed by atoms with Crippen LogP contribution in [0.4, 0.5) is 0 Å². The van der Waals surface area contributed by atoms with Crippen molar-refractivity contribution in [1.82, 2.24) is 10.6 Å². The number of carbonyl (C=O) groups excluding carboxylic acids is 1. The predicted molar refractivity (Wildman–Crippen MR) is 65.4 cm³/mol. The monoisotopic (exact) mass is 228 g/mol. The molecule has 0 amide bonds. The largest absolute Gasteiger partial charge is 0.361 e. The van der Waals surface area contributed by atoms with Crippen LogP contribution in [0.2, 0.25) is 0 Å². The van der Waals surface area contributed by atoms with Crippen LogP contribution >= 0.6 is 11.8 Å². The average molecular weight is 228 g/mol. The zero-order valence-electron chi connectivity index (χ0n) is 9.72. The van der Waals surface area contributed by atoms with Crippen molar-refractivity contribution >= 4 is 17.5 Å². The van der Waals surface area contributed by atoms with Crippen LogP contribution in [0.1, 0.15) is 39.5 Å². The standard InChI is InChI=1S/C11H20N2OS/c1-4-6-7-11(9(14)5-2)12-8-10(13-11)15-3/h8,12-13H,4-7H2,1-3H3. The van der Waals surface area contributed by atoms with Crippen molar-refractivity contribution in [2.45, 2.75) is 45.2 Å². The topological polar surface area (TPSA) is 41.1 Å². The van der Waals surface area contributed by atoms with Crippen molar-refractivity contribution < 1.29 is 4.79 Å². The van der Waals surface area contributed by atoms with E-state index in [1.807, 2.05) is 19.4 Å². The molecule has 0 bridgehead atoms. The molecule has 0 saturated carbocycles. The Morgan fingerprint density at radius 3 is 2.73 bits per heavy atom. The van der Waals surface area contributed by atoms with E-state index in [-0.39, 0.29) is 5.78 Å². The van der Waals surface area contributed by atoms with E-state index >= 15 is 0 Å². The number of hydrogen-bond acceptors (Lipinski definition) is 4. The summed E-state index contributed by atoms with van der Waals surface area (Å²) in [5.74, 6) is 0.247. The van der Waals surface area contributed by atoms with Crippen molar-refractivity contribution in [1.29, 1.82) is 0 Å². The van der Waals surface area contributed by atoms with Gasteiger partial charge in [-0.3, -0.25) is 4.79 Å². The Hall–Kier alpha value is -0.640. The van der Waals surface area contributed by atoms with Crippen molar-refractivity contribution in [2.24, 2.45) is 0 Å².